The van der Waals surface area contributed by atoms with E-state index >= 15 is 0 Å². The minimum absolute atomic E-state index is 0.0651. The van der Waals surface area contributed by atoms with Gasteiger partial charge >= 0.3 is 0 Å². The molecule has 1 aliphatic heterocycles. The number of nitrogens with zero attached hydrogens (tertiary/aromatic N) is 2. The third kappa shape index (κ3) is 1.99. The zero-order valence-corrected chi connectivity index (χ0v) is 9.66. The molecule has 0 atom stereocenters. The topological polar surface area (TPSA) is 90.1 Å². The molecular formula is C9H12N2O4S. The molecule has 1 aliphatic rings. The monoisotopic (exact) mass is 244 g/mol. The average Bonchev–Trinajstić information content (AvgIpc) is 2.72. The van der Waals surface area contributed by atoms with Gasteiger partial charge in [0.25, 0.3) is 5.89 Å². The van der Waals surface area contributed by atoms with Crippen molar-refractivity contribution in [2.45, 2.75) is 25.2 Å². The van der Waals surface area contributed by atoms with Gasteiger partial charge in [-0.2, -0.15) is 0 Å². The number of hydrogen-bond acceptors (Lipinski definition) is 6. The van der Waals surface area contributed by atoms with Gasteiger partial charge in [-0.25, -0.2) is 8.42 Å². The maximum atomic E-state index is 11.3. The summed E-state index contributed by atoms with van der Waals surface area (Å²) in [6.07, 6.45) is 1.39. The summed E-state index contributed by atoms with van der Waals surface area (Å²) in [4.78, 5) is 10.4. The second kappa shape index (κ2) is 3.65. The summed E-state index contributed by atoms with van der Waals surface area (Å²) in [6, 6.07) is 0. The lowest BCUT2D eigenvalue weighted by Gasteiger charge is -2.29. The highest BCUT2D eigenvalue weighted by atomic mass is 32.2. The molecule has 2 rings (SSSR count). The first-order chi connectivity index (χ1) is 7.45. The van der Waals surface area contributed by atoms with Crippen molar-refractivity contribution in [2.75, 3.05) is 11.5 Å². The molecule has 16 heavy (non-hydrogen) atoms. The third-order valence-electron chi connectivity index (χ3n) is 2.99. The van der Waals surface area contributed by atoms with Crippen LogP contribution in [-0.4, -0.2) is 36.4 Å². The fourth-order valence-corrected chi connectivity index (χ4v) is 3.46. The van der Waals surface area contributed by atoms with Crippen molar-refractivity contribution in [3.63, 3.8) is 0 Å². The Hall–Kier alpha value is -1.24. The predicted molar refractivity (Wildman–Crippen MR) is 54.9 cm³/mol. The van der Waals surface area contributed by atoms with Crippen LogP contribution < -0.4 is 0 Å². The SMILES string of the molecule is CC1(c2nnc(C=O)o2)CCS(=O)(=O)CC1. The van der Waals surface area contributed by atoms with Crippen LogP contribution in [0.25, 0.3) is 0 Å². The Kier molecular flexibility index (Phi) is 2.57. The van der Waals surface area contributed by atoms with Gasteiger partial charge in [-0.15, -0.1) is 10.2 Å². The molecule has 6 nitrogen and oxygen atoms in total. The first kappa shape index (κ1) is 11.3. The number of sulfone groups is 1. The summed E-state index contributed by atoms with van der Waals surface area (Å²) < 4.78 is 27.8. The van der Waals surface area contributed by atoms with Gasteiger partial charge < -0.3 is 4.42 Å². The van der Waals surface area contributed by atoms with Crippen molar-refractivity contribution >= 4 is 16.1 Å². The number of hydrogen-bond donors (Lipinski definition) is 0. The van der Waals surface area contributed by atoms with Gasteiger partial charge in [-0.3, -0.25) is 4.79 Å². The molecule has 0 spiro atoms. The van der Waals surface area contributed by atoms with Crippen LogP contribution in [0.4, 0.5) is 0 Å². The standard InChI is InChI=1S/C9H12N2O4S/c1-9(2-4-16(13,14)5-3-9)8-11-10-7(6-12)15-8/h6H,2-5H2,1H3. The Morgan fingerprint density at radius 2 is 1.94 bits per heavy atom. The molecule has 1 aromatic rings. The Bertz CT molecular complexity index is 491. The maximum absolute atomic E-state index is 11.3. The Morgan fingerprint density at radius 1 is 1.31 bits per heavy atom. The van der Waals surface area contributed by atoms with E-state index in [-0.39, 0.29) is 17.4 Å². The van der Waals surface area contributed by atoms with Crippen LogP contribution >= 0.6 is 0 Å². The van der Waals surface area contributed by atoms with Crippen LogP contribution in [0.15, 0.2) is 4.42 Å². The molecule has 1 aromatic heterocycles. The van der Waals surface area contributed by atoms with E-state index in [0.29, 0.717) is 25.0 Å². The maximum Gasteiger partial charge on any atom is 0.280 e. The largest absolute Gasteiger partial charge is 0.418 e. The summed E-state index contributed by atoms with van der Waals surface area (Å²) in [6.45, 7) is 1.88. The molecular weight excluding hydrogens is 232 g/mol. The van der Waals surface area contributed by atoms with Gasteiger partial charge in [0.2, 0.25) is 12.2 Å². The van der Waals surface area contributed by atoms with Crippen molar-refractivity contribution in [3.8, 4) is 0 Å². The summed E-state index contributed by atoms with van der Waals surface area (Å²) in [5.41, 5.74) is -0.431. The van der Waals surface area contributed by atoms with Crippen LogP contribution in [0.1, 0.15) is 36.3 Å². The zero-order valence-electron chi connectivity index (χ0n) is 8.84. The number of aromatic nitrogens is 2. The molecule has 0 aromatic carbocycles. The van der Waals surface area contributed by atoms with E-state index in [4.69, 9.17) is 4.42 Å². The normalized spacial score (nSPS) is 22.8. The second-order valence-corrected chi connectivity index (χ2v) is 6.58. The molecule has 0 radical (unpaired) electrons. The van der Waals surface area contributed by atoms with E-state index in [9.17, 15) is 13.2 Å². The molecule has 0 amide bonds. The molecule has 0 aliphatic carbocycles. The average molecular weight is 244 g/mol. The smallest absolute Gasteiger partial charge is 0.280 e. The summed E-state index contributed by atoms with van der Waals surface area (Å²) in [7, 11) is -2.92. The van der Waals surface area contributed by atoms with Gasteiger partial charge in [0.1, 0.15) is 9.84 Å². The van der Waals surface area contributed by atoms with E-state index in [2.05, 4.69) is 10.2 Å². The fourth-order valence-electron chi connectivity index (χ4n) is 1.73. The lowest BCUT2D eigenvalue weighted by Crippen LogP contribution is -2.34. The van der Waals surface area contributed by atoms with Gasteiger partial charge in [-0.05, 0) is 12.8 Å². The highest BCUT2D eigenvalue weighted by Crippen LogP contribution is 2.34. The molecule has 0 N–H and O–H groups in total. The fraction of sp³-hybridized carbons (Fsp3) is 0.667. The van der Waals surface area contributed by atoms with E-state index in [1.165, 1.54) is 0 Å². The van der Waals surface area contributed by atoms with Crippen molar-refractivity contribution < 1.29 is 17.6 Å². The Morgan fingerprint density at radius 3 is 2.44 bits per heavy atom. The molecule has 0 bridgehead atoms. The number of carbonyl (C=O) groups is 1. The predicted octanol–water partition coefficient (Wildman–Crippen LogP) is 0.348. The molecule has 1 saturated heterocycles. The van der Waals surface area contributed by atoms with E-state index < -0.39 is 15.3 Å². The van der Waals surface area contributed by atoms with Crippen LogP contribution in [0.3, 0.4) is 0 Å². The minimum Gasteiger partial charge on any atom is -0.418 e. The Balaban J connectivity index is 2.24. The second-order valence-electron chi connectivity index (χ2n) is 4.28. The van der Waals surface area contributed by atoms with Crippen molar-refractivity contribution in [3.05, 3.63) is 11.8 Å². The van der Waals surface area contributed by atoms with Gasteiger partial charge in [0.05, 0.1) is 11.5 Å². The lowest BCUT2D eigenvalue weighted by atomic mass is 9.84. The van der Waals surface area contributed by atoms with Crippen LogP contribution in [0.5, 0.6) is 0 Å². The number of rotatable bonds is 2. The highest BCUT2D eigenvalue weighted by molar-refractivity contribution is 7.91. The molecule has 1 fully saturated rings. The molecule has 0 saturated carbocycles. The molecule has 2 heterocycles. The number of carbonyl (C=O) groups excluding carboxylic acids is 1. The van der Waals surface area contributed by atoms with E-state index in [1.807, 2.05) is 6.92 Å². The summed E-state index contributed by atoms with van der Waals surface area (Å²) >= 11 is 0. The van der Waals surface area contributed by atoms with Gasteiger partial charge in [0.15, 0.2) is 0 Å². The van der Waals surface area contributed by atoms with Crippen LogP contribution in [0, 0.1) is 0 Å². The molecule has 7 heteroatoms. The van der Waals surface area contributed by atoms with Gasteiger partial charge in [-0.1, -0.05) is 6.92 Å². The molecule has 88 valence electrons. The lowest BCUT2D eigenvalue weighted by molar-refractivity contribution is 0.109. The zero-order chi connectivity index (χ0) is 11.8. The minimum atomic E-state index is -2.92. The third-order valence-corrected chi connectivity index (χ3v) is 4.64. The molecule has 0 unspecified atom stereocenters. The van der Waals surface area contributed by atoms with Gasteiger partial charge in [0, 0.05) is 5.41 Å². The first-order valence-electron chi connectivity index (χ1n) is 4.95. The van der Waals surface area contributed by atoms with Crippen LogP contribution in [0.2, 0.25) is 0 Å². The van der Waals surface area contributed by atoms with Crippen molar-refractivity contribution in [1.82, 2.24) is 10.2 Å². The summed E-state index contributed by atoms with van der Waals surface area (Å²) in [5.74, 6) is 0.541. The van der Waals surface area contributed by atoms with Crippen LogP contribution in [-0.2, 0) is 15.3 Å². The highest BCUT2D eigenvalue weighted by Gasteiger charge is 2.38. The quantitative estimate of drug-likeness (QED) is 0.697. The van der Waals surface area contributed by atoms with E-state index in [0.717, 1.165) is 0 Å². The van der Waals surface area contributed by atoms with E-state index in [1.54, 1.807) is 0 Å². The first-order valence-corrected chi connectivity index (χ1v) is 6.77. The number of aldehydes is 1. The Labute approximate surface area is 93.0 Å². The summed E-state index contributed by atoms with van der Waals surface area (Å²) in [5, 5.41) is 7.34. The van der Waals surface area contributed by atoms with Crippen molar-refractivity contribution in [1.29, 1.82) is 0 Å². The van der Waals surface area contributed by atoms with Crippen molar-refractivity contribution in [2.24, 2.45) is 0 Å².